The van der Waals surface area contributed by atoms with Gasteiger partial charge in [-0.1, -0.05) is 6.92 Å². The summed E-state index contributed by atoms with van der Waals surface area (Å²) in [4.78, 5) is 80.1. The Bertz CT molecular complexity index is 1360. The van der Waals surface area contributed by atoms with Gasteiger partial charge in [0.1, 0.15) is 24.4 Å². The average molecular weight is 538 g/mol. The lowest BCUT2D eigenvalue weighted by Gasteiger charge is -2.22. The van der Waals surface area contributed by atoms with Crippen LogP contribution in [-0.2, 0) is 44.7 Å². The van der Waals surface area contributed by atoms with Crippen LogP contribution in [0.3, 0.4) is 0 Å². The number of ether oxygens (including phenoxy) is 4. The summed E-state index contributed by atoms with van der Waals surface area (Å²) in [5.41, 5.74) is -1.86. The first-order valence-electron chi connectivity index (χ1n) is 12.0. The fourth-order valence-electron chi connectivity index (χ4n) is 4.47. The Kier molecular flexibility index (Phi) is 8.70. The van der Waals surface area contributed by atoms with Crippen LogP contribution in [0.15, 0.2) is 9.59 Å². The lowest BCUT2D eigenvalue weighted by Crippen LogP contribution is -2.35. The maximum absolute atomic E-state index is 13.7. The maximum Gasteiger partial charge on any atom is 0.332 e. The SMILES string of the molecule is CCC(OC(C)=O)[C@@H]1C[C@@H](OC(C)=O)[C@H](n2c(=O)n(CC(C)OC(C)=O)c3c(=O)[nH]c(NC(C)=O)nc32)O1. The fourth-order valence-corrected chi connectivity index (χ4v) is 4.47. The standard InChI is InChI=1S/C23H31N5O10/c1-7-15(36-13(5)31)16-8-17(37-14(6)32)21(38-16)28-19-18(20(33)26-22(25-19)24-11(3)29)27(23(28)34)9-10(2)35-12(4)30/h10,15-17,21H,7-9H2,1-6H3,(H2,24,25,26,29,33)/t10?,15?,16-,17+,21+/m0/s1. The van der Waals surface area contributed by atoms with Crippen LogP contribution in [0.2, 0.25) is 0 Å². The number of nitrogens with one attached hydrogen (secondary N) is 2. The van der Waals surface area contributed by atoms with E-state index in [0.29, 0.717) is 6.42 Å². The van der Waals surface area contributed by atoms with Crippen molar-refractivity contribution in [2.75, 3.05) is 5.32 Å². The van der Waals surface area contributed by atoms with E-state index in [-0.39, 0.29) is 30.1 Å². The van der Waals surface area contributed by atoms with Gasteiger partial charge in [0.15, 0.2) is 17.4 Å². The molecule has 0 spiro atoms. The molecule has 0 saturated carbocycles. The van der Waals surface area contributed by atoms with Gasteiger partial charge in [-0.2, -0.15) is 4.98 Å². The molecule has 3 heterocycles. The number of amides is 1. The second-order valence-corrected chi connectivity index (χ2v) is 8.96. The van der Waals surface area contributed by atoms with Gasteiger partial charge in [-0.25, -0.2) is 9.36 Å². The fraction of sp³-hybridized carbons (Fsp3) is 0.609. The second kappa shape index (κ2) is 11.6. The summed E-state index contributed by atoms with van der Waals surface area (Å²) in [5, 5.41) is 2.37. The highest BCUT2D eigenvalue weighted by atomic mass is 16.6. The third-order valence-corrected chi connectivity index (χ3v) is 5.72. The van der Waals surface area contributed by atoms with Crippen molar-refractivity contribution >= 4 is 40.9 Å². The molecule has 1 saturated heterocycles. The molecular weight excluding hydrogens is 506 g/mol. The average Bonchev–Trinajstić information content (AvgIpc) is 3.28. The van der Waals surface area contributed by atoms with Crippen molar-refractivity contribution in [1.29, 1.82) is 0 Å². The first kappa shape index (κ1) is 28.6. The van der Waals surface area contributed by atoms with E-state index >= 15 is 0 Å². The Balaban J connectivity index is 2.21. The zero-order valence-electron chi connectivity index (χ0n) is 21.9. The number of nitrogens with zero attached hydrogens (tertiary/aromatic N) is 3. The minimum absolute atomic E-state index is 0.0841. The van der Waals surface area contributed by atoms with Crippen LogP contribution in [0.25, 0.3) is 11.2 Å². The number of rotatable bonds is 9. The third kappa shape index (κ3) is 6.27. The van der Waals surface area contributed by atoms with Gasteiger partial charge >= 0.3 is 23.6 Å². The van der Waals surface area contributed by atoms with Gasteiger partial charge in [0.25, 0.3) is 5.56 Å². The first-order chi connectivity index (χ1) is 17.8. The predicted molar refractivity (Wildman–Crippen MR) is 130 cm³/mol. The third-order valence-electron chi connectivity index (χ3n) is 5.72. The number of carbonyl (C=O) groups excluding carboxylic acids is 4. The molecule has 5 atom stereocenters. The molecule has 1 aliphatic rings. The number of esters is 3. The van der Waals surface area contributed by atoms with Gasteiger partial charge in [-0.3, -0.25) is 38.8 Å². The molecular formula is C23H31N5O10. The van der Waals surface area contributed by atoms with Crippen LogP contribution >= 0.6 is 0 Å². The van der Waals surface area contributed by atoms with E-state index in [9.17, 15) is 28.8 Å². The molecule has 3 rings (SSSR count). The Hall–Kier alpha value is -4.01. The summed E-state index contributed by atoms with van der Waals surface area (Å²) in [6.07, 6.45) is -4.04. The van der Waals surface area contributed by atoms with Crippen LogP contribution < -0.4 is 16.6 Å². The Morgan fingerprint density at radius 3 is 2.32 bits per heavy atom. The number of carbonyl (C=O) groups is 4. The molecule has 15 nitrogen and oxygen atoms in total. The summed E-state index contributed by atoms with van der Waals surface area (Å²) in [6.45, 7) is 7.98. The number of imidazole rings is 1. The molecule has 2 aromatic heterocycles. The van der Waals surface area contributed by atoms with E-state index in [4.69, 9.17) is 18.9 Å². The van der Waals surface area contributed by atoms with E-state index in [2.05, 4.69) is 15.3 Å². The predicted octanol–water partition coefficient (Wildman–Crippen LogP) is 0.357. The van der Waals surface area contributed by atoms with Crippen molar-refractivity contribution in [2.24, 2.45) is 0 Å². The molecule has 0 bridgehead atoms. The highest BCUT2D eigenvalue weighted by Crippen LogP contribution is 2.35. The van der Waals surface area contributed by atoms with E-state index in [0.717, 1.165) is 9.13 Å². The number of fused-ring (bicyclic) bond motifs is 1. The summed E-state index contributed by atoms with van der Waals surface area (Å²) in [5.74, 6) is -2.50. The van der Waals surface area contributed by atoms with Crippen LogP contribution in [-0.4, -0.2) is 67.3 Å². The van der Waals surface area contributed by atoms with E-state index in [1.807, 2.05) is 0 Å². The van der Waals surface area contributed by atoms with Crippen LogP contribution in [0.1, 0.15) is 60.6 Å². The summed E-state index contributed by atoms with van der Waals surface area (Å²) >= 11 is 0. The highest BCUT2D eigenvalue weighted by Gasteiger charge is 2.45. The first-order valence-corrected chi connectivity index (χ1v) is 12.0. The van der Waals surface area contributed by atoms with E-state index < -0.39 is 65.7 Å². The Morgan fingerprint density at radius 2 is 1.76 bits per heavy atom. The molecule has 1 amide bonds. The van der Waals surface area contributed by atoms with Gasteiger partial charge in [0, 0.05) is 34.1 Å². The monoisotopic (exact) mass is 537 g/mol. The molecule has 2 unspecified atom stereocenters. The lowest BCUT2D eigenvalue weighted by molar-refractivity contribution is -0.158. The lowest BCUT2D eigenvalue weighted by atomic mass is 10.1. The molecule has 1 aliphatic heterocycles. The molecule has 208 valence electrons. The van der Waals surface area contributed by atoms with Crippen molar-refractivity contribution in [3.05, 3.63) is 20.8 Å². The zero-order chi connectivity index (χ0) is 28.3. The summed E-state index contributed by atoms with van der Waals surface area (Å²) in [7, 11) is 0. The Labute approximate surface area is 216 Å². The van der Waals surface area contributed by atoms with Crippen molar-refractivity contribution in [1.82, 2.24) is 19.1 Å². The molecule has 0 aliphatic carbocycles. The summed E-state index contributed by atoms with van der Waals surface area (Å²) < 4.78 is 24.2. The second-order valence-electron chi connectivity index (χ2n) is 8.96. The molecule has 0 aromatic carbocycles. The minimum Gasteiger partial charge on any atom is -0.461 e. The molecule has 38 heavy (non-hydrogen) atoms. The summed E-state index contributed by atoms with van der Waals surface area (Å²) in [6, 6.07) is 0. The van der Waals surface area contributed by atoms with Crippen molar-refractivity contribution in [3.8, 4) is 0 Å². The quantitative estimate of drug-likeness (QED) is 0.332. The van der Waals surface area contributed by atoms with Crippen molar-refractivity contribution < 1.29 is 38.1 Å². The van der Waals surface area contributed by atoms with Gasteiger partial charge in [0.05, 0.1) is 6.54 Å². The zero-order valence-corrected chi connectivity index (χ0v) is 21.9. The van der Waals surface area contributed by atoms with Crippen LogP contribution in [0, 0.1) is 0 Å². The molecule has 0 radical (unpaired) electrons. The van der Waals surface area contributed by atoms with Crippen LogP contribution in [0.4, 0.5) is 5.95 Å². The minimum atomic E-state index is -1.26. The molecule has 15 heteroatoms. The molecule has 2 N–H and O–H groups in total. The van der Waals surface area contributed by atoms with Gasteiger partial charge in [-0.15, -0.1) is 0 Å². The number of aromatic nitrogens is 4. The number of anilines is 1. The number of hydrogen-bond donors (Lipinski definition) is 2. The molecule has 1 fully saturated rings. The van der Waals surface area contributed by atoms with E-state index in [1.54, 1.807) is 13.8 Å². The Morgan fingerprint density at radius 1 is 1.11 bits per heavy atom. The van der Waals surface area contributed by atoms with Gasteiger partial charge in [0.2, 0.25) is 11.9 Å². The van der Waals surface area contributed by atoms with E-state index in [1.165, 1.54) is 27.7 Å². The number of hydrogen-bond acceptors (Lipinski definition) is 11. The number of H-pyrrole nitrogens is 1. The molecule has 2 aromatic rings. The van der Waals surface area contributed by atoms with Gasteiger partial charge < -0.3 is 18.9 Å². The largest absolute Gasteiger partial charge is 0.461 e. The maximum atomic E-state index is 13.7. The van der Waals surface area contributed by atoms with Crippen LogP contribution in [0.5, 0.6) is 0 Å². The topological polar surface area (TPSA) is 190 Å². The van der Waals surface area contributed by atoms with Gasteiger partial charge in [-0.05, 0) is 13.3 Å². The van der Waals surface area contributed by atoms with Crippen molar-refractivity contribution in [2.45, 2.75) is 91.6 Å². The highest BCUT2D eigenvalue weighted by molar-refractivity contribution is 5.87. The normalized spacial score (nSPS) is 20.5. The number of aromatic amines is 1. The van der Waals surface area contributed by atoms with Crippen molar-refractivity contribution in [3.63, 3.8) is 0 Å². The smallest absolute Gasteiger partial charge is 0.332 e.